The maximum Gasteiger partial charge on any atom is 0.274 e. The Morgan fingerprint density at radius 1 is 1.10 bits per heavy atom. The topological polar surface area (TPSA) is 72.3 Å². The molecule has 2 aromatic rings. The van der Waals surface area contributed by atoms with E-state index in [0.29, 0.717) is 18.5 Å². The third-order valence-corrected chi connectivity index (χ3v) is 3.41. The second-order valence-corrected chi connectivity index (χ2v) is 4.79. The molecular weight excluding hydrogens is 258 g/mol. The highest BCUT2D eigenvalue weighted by Crippen LogP contribution is 2.08. The van der Waals surface area contributed by atoms with E-state index in [2.05, 4.69) is 5.10 Å². The quantitative estimate of drug-likeness (QED) is 0.747. The predicted octanol–water partition coefficient (Wildman–Crippen LogP) is 0.198. The van der Waals surface area contributed by atoms with Crippen LogP contribution in [0.2, 0.25) is 0 Å². The fourth-order valence-electron chi connectivity index (χ4n) is 2.34. The van der Waals surface area contributed by atoms with Gasteiger partial charge >= 0.3 is 0 Å². The summed E-state index contributed by atoms with van der Waals surface area (Å²) in [6, 6.07) is 7.23. The third-order valence-electron chi connectivity index (χ3n) is 3.41. The lowest BCUT2D eigenvalue weighted by molar-refractivity contribution is -0.128. The van der Waals surface area contributed by atoms with E-state index in [4.69, 9.17) is 0 Å². The molecule has 0 aliphatic carbocycles. The summed E-state index contributed by atoms with van der Waals surface area (Å²) in [5, 5.41) is 5.49. The lowest BCUT2D eigenvalue weighted by Gasteiger charge is -2.14. The summed E-state index contributed by atoms with van der Waals surface area (Å²) < 4.78 is 1.33. The van der Waals surface area contributed by atoms with Crippen LogP contribution < -0.4 is 5.56 Å². The summed E-state index contributed by atoms with van der Waals surface area (Å²) in [5.74, 6) is -0.252. The van der Waals surface area contributed by atoms with Gasteiger partial charge in [0.15, 0.2) is 5.78 Å². The predicted molar refractivity (Wildman–Crippen MR) is 72.2 cm³/mol. The molecule has 1 aliphatic heterocycles. The van der Waals surface area contributed by atoms with Crippen LogP contribution in [-0.2, 0) is 16.1 Å². The van der Waals surface area contributed by atoms with Gasteiger partial charge in [0.25, 0.3) is 5.56 Å². The minimum atomic E-state index is -0.180. The molecule has 1 aromatic heterocycles. The summed E-state index contributed by atoms with van der Waals surface area (Å²) in [6.07, 6.45) is 1.60. The van der Waals surface area contributed by atoms with Crippen molar-refractivity contribution >= 4 is 22.5 Å². The van der Waals surface area contributed by atoms with Crippen molar-refractivity contribution in [2.45, 2.75) is 13.0 Å². The summed E-state index contributed by atoms with van der Waals surface area (Å²) in [6.45, 7) is 0.764. The van der Waals surface area contributed by atoms with Crippen LogP contribution in [0.25, 0.3) is 10.8 Å². The van der Waals surface area contributed by atoms with Gasteiger partial charge in [-0.05, 0) is 6.07 Å². The average Bonchev–Trinajstić information content (AvgIpc) is 2.77. The molecule has 1 aromatic carbocycles. The minimum absolute atomic E-state index is 0.0277. The molecule has 2 heterocycles. The molecule has 0 spiro atoms. The van der Waals surface area contributed by atoms with E-state index in [1.807, 2.05) is 12.1 Å². The number of aromatic nitrogens is 2. The highest BCUT2D eigenvalue weighted by Gasteiger charge is 2.26. The number of amides is 1. The Morgan fingerprint density at radius 2 is 1.90 bits per heavy atom. The molecule has 1 fully saturated rings. The van der Waals surface area contributed by atoms with Crippen molar-refractivity contribution in [2.24, 2.45) is 0 Å². The summed E-state index contributed by atoms with van der Waals surface area (Å²) >= 11 is 0. The largest absolute Gasteiger partial charge is 0.333 e. The van der Waals surface area contributed by atoms with Gasteiger partial charge in [-0.2, -0.15) is 5.10 Å². The fourth-order valence-corrected chi connectivity index (χ4v) is 2.34. The van der Waals surface area contributed by atoms with Gasteiger partial charge in [-0.15, -0.1) is 0 Å². The van der Waals surface area contributed by atoms with Crippen LogP contribution in [-0.4, -0.2) is 39.5 Å². The zero-order chi connectivity index (χ0) is 14.1. The molecule has 0 bridgehead atoms. The van der Waals surface area contributed by atoms with Crippen LogP contribution in [0.1, 0.15) is 6.42 Å². The molecule has 0 atom stereocenters. The van der Waals surface area contributed by atoms with Gasteiger partial charge in [0, 0.05) is 11.9 Å². The van der Waals surface area contributed by atoms with Gasteiger partial charge in [0.2, 0.25) is 5.91 Å². The van der Waals surface area contributed by atoms with Crippen molar-refractivity contribution in [3.05, 3.63) is 40.8 Å². The van der Waals surface area contributed by atoms with E-state index >= 15 is 0 Å². The normalized spacial score (nSPS) is 15.3. The number of nitrogens with zero attached hydrogens (tertiary/aromatic N) is 3. The molecule has 0 N–H and O–H groups in total. The summed E-state index contributed by atoms with van der Waals surface area (Å²) in [5.41, 5.74) is -0.180. The molecule has 6 heteroatoms. The maximum atomic E-state index is 12.2. The van der Waals surface area contributed by atoms with Crippen LogP contribution >= 0.6 is 0 Å². The second kappa shape index (κ2) is 4.88. The monoisotopic (exact) mass is 271 g/mol. The first kappa shape index (κ1) is 12.5. The van der Waals surface area contributed by atoms with E-state index < -0.39 is 0 Å². The Balaban J connectivity index is 1.81. The van der Waals surface area contributed by atoms with Crippen LogP contribution in [0.15, 0.2) is 35.3 Å². The van der Waals surface area contributed by atoms with Gasteiger partial charge in [0.1, 0.15) is 0 Å². The molecule has 6 nitrogen and oxygen atoms in total. The number of hydrogen-bond donors (Lipinski definition) is 0. The minimum Gasteiger partial charge on any atom is -0.333 e. The number of ketones is 1. The summed E-state index contributed by atoms with van der Waals surface area (Å²) in [7, 11) is 0. The van der Waals surface area contributed by atoms with Gasteiger partial charge in [-0.1, -0.05) is 18.2 Å². The number of carbonyl (C=O) groups is 2. The molecular formula is C14H13N3O3. The van der Waals surface area contributed by atoms with Crippen LogP contribution in [0.3, 0.4) is 0 Å². The number of fused-ring (bicyclic) bond motifs is 1. The Hall–Kier alpha value is -2.50. The van der Waals surface area contributed by atoms with Crippen molar-refractivity contribution < 1.29 is 9.59 Å². The van der Waals surface area contributed by atoms with Crippen molar-refractivity contribution in [3.63, 3.8) is 0 Å². The van der Waals surface area contributed by atoms with Gasteiger partial charge in [0.05, 0.1) is 31.1 Å². The van der Waals surface area contributed by atoms with Crippen molar-refractivity contribution in [2.75, 3.05) is 13.1 Å². The highest BCUT2D eigenvalue weighted by molar-refractivity contribution is 6.05. The number of hydrogen-bond acceptors (Lipinski definition) is 4. The molecule has 1 saturated heterocycles. The van der Waals surface area contributed by atoms with Gasteiger partial charge in [-0.25, -0.2) is 4.68 Å². The first-order valence-electron chi connectivity index (χ1n) is 6.39. The van der Waals surface area contributed by atoms with E-state index in [0.717, 1.165) is 5.39 Å². The van der Waals surface area contributed by atoms with Crippen LogP contribution in [0.5, 0.6) is 0 Å². The first-order chi connectivity index (χ1) is 9.65. The van der Waals surface area contributed by atoms with Crippen LogP contribution in [0, 0.1) is 0 Å². The van der Waals surface area contributed by atoms with Crippen molar-refractivity contribution in [1.82, 2.24) is 14.7 Å². The molecule has 20 heavy (non-hydrogen) atoms. The lowest BCUT2D eigenvalue weighted by Crippen LogP contribution is -2.33. The van der Waals surface area contributed by atoms with Gasteiger partial charge < -0.3 is 4.90 Å². The Morgan fingerprint density at radius 3 is 2.65 bits per heavy atom. The highest BCUT2D eigenvalue weighted by atomic mass is 16.2. The molecule has 0 saturated carbocycles. The Bertz CT molecular complexity index is 751. The molecule has 0 radical (unpaired) electrons. The third kappa shape index (κ3) is 2.20. The summed E-state index contributed by atoms with van der Waals surface area (Å²) in [4.78, 5) is 36.3. The maximum absolute atomic E-state index is 12.2. The van der Waals surface area contributed by atoms with Crippen molar-refractivity contribution in [1.29, 1.82) is 0 Å². The Labute approximate surface area is 114 Å². The molecule has 1 amide bonds. The van der Waals surface area contributed by atoms with Gasteiger partial charge in [-0.3, -0.25) is 14.4 Å². The number of rotatable bonds is 3. The lowest BCUT2D eigenvalue weighted by atomic mass is 10.2. The standard InChI is InChI=1S/C14H13N3O3/c18-11-7-13(19)16(9-11)5-6-17-14(20)12-4-2-1-3-10(12)8-15-17/h1-4,8H,5-7,9H2. The number of carbonyl (C=O) groups excluding carboxylic acids is 2. The average molecular weight is 271 g/mol. The number of likely N-dealkylation sites (tertiary alicyclic amines) is 1. The second-order valence-electron chi connectivity index (χ2n) is 4.79. The Kier molecular flexibility index (Phi) is 3.06. The SMILES string of the molecule is O=C1CC(=O)N(CCn2ncc3ccccc3c2=O)C1. The van der Waals surface area contributed by atoms with Crippen LogP contribution in [0.4, 0.5) is 0 Å². The van der Waals surface area contributed by atoms with E-state index in [-0.39, 0.29) is 30.2 Å². The molecule has 1 aliphatic rings. The van der Waals surface area contributed by atoms with E-state index in [1.54, 1.807) is 18.3 Å². The van der Waals surface area contributed by atoms with Crippen molar-refractivity contribution in [3.8, 4) is 0 Å². The van der Waals surface area contributed by atoms with E-state index in [1.165, 1.54) is 9.58 Å². The number of Topliss-reactive ketones (excluding diaryl/α,β-unsaturated/α-hetero) is 1. The smallest absolute Gasteiger partial charge is 0.274 e. The zero-order valence-corrected chi connectivity index (χ0v) is 10.8. The fraction of sp³-hybridized carbons (Fsp3) is 0.286. The molecule has 102 valence electrons. The molecule has 0 unspecified atom stereocenters. The molecule has 3 rings (SSSR count). The van der Waals surface area contributed by atoms with E-state index in [9.17, 15) is 14.4 Å². The zero-order valence-electron chi connectivity index (χ0n) is 10.8. The number of benzene rings is 1. The first-order valence-corrected chi connectivity index (χ1v) is 6.39.